The van der Waals surface area contributed by atoms with E-state index in [0.717, 1.165) is 11.1 Å². The van der Waals surface area contributed by atoms with Crippen LogP contribution in [-0.4, -0.2) is 15.8 Å². The Morgan fingerprint density at radius 2 is 1.72 bits per heavy atom. The summed E-state index contributed by atoms with van der Waals surface area (Å²) in [7, 11) is 0. The number of benzene rings is 2. The summed E-state index contributed by atoms with van der Waals surface area (Å²) in [6.07, 6.45) is 3.49. The first-order valence-corrected chi connectivity index (χ1v) is 10.2. The lowest BCUT2D eigenvalue weighted by Crippen LogP contribution is -2.30. The molecule has 0 bridgehead atoms. The average molecular weight is 427 g/mol. The highest BCUT2D eigenvalue weighted by molar-refractivity contribution is 6.35. The number of rotatable bonds is 5. The maximum absolute atomic E-state index is 13.3. The first kappa shape index (κ1) is 21.4. The van der Waals surface area contributed by atoms with E-state index in [1.54, 1.807) is 29.4 Å². The molecule has 0 aliphatic heterocycles. The van der Waals surface area contributed by atoms with E-state index in [1.165, 1.54) is 5.56 Å². The van der Waals surface area contributed by atoms with Gasteiger partial charge in [0, 0.05) is 41.1 Å². The zero-order valence-corrected chi connectivity index (χ0v) is 18.3. The van der Waals surface area contributed by atoms with Gasteiger partial charge in [0.15, 0.2) is 0 Å². The molecule has 0 spiro atoms. The summed E-state index contributed by atoms with van der Waals surface area (Å²) in [4.78, 5) is 19.3. The standard InChI is InChI=1S/C24H24Cl2N2O/c1-24(2,3)20-9-6-18(7-10-20)23(29)28(15-17-5-4-12-27-14-17)16-19-8-11-21(25)13-22(19)26/h4-14H,15-16H2,1-3H3. The predicted octanol–water partition coefficient (Wildman–Crippen LogP) is 6.53. The summed E-state index contributed by atoms with van der Waals surface area (Å²) in [6.45, 7) is 7.28. The molecule has 0 radical (unpaired) electrons. The van der Waals surface area contributed by atoms with Crippen LogP contribution in [0.5, 0.6) is 0 Å². The summed E-state index contributed by atoms with van der Waals surface area (Å²) < 4.78 is 0. The van der Waals surface area contributed by atoms with Crippen molar-refractivity contribution >= 4 is 29.1 Å². The molecule has 1 heterocycles. The third kappa shape index (κ3) is 5.59. The van der Waals surface area contributed by atoms with E-state index in [2.05, 4.69) is 25.8 Å². The van der Waals surface area contributed by atoms with Crippen molar-refractivity contribution in [2.45, 2.75) is 39.3 Å². The van der Waals surface area contributed by atoms with Gasteiger partial charge in [0.1, 0.15) is 0 Å². The lowest BCUT2D eigenvalue weighted by atomic mass is 9.86. The van der Waals surface area contributed by atoms with Crippen LogP contribution in [0.4, 0.5) is 0 Å². The normalized spacial score (nSPS) is 11.3. The fourth-order valence-electron chi connectivity index (χ4n) is 3.06. The summed E-state index contributed by atoms with van der Waals surface area (Å²) >= 11 is 12.4. The number of carbonyl (C=O) groups excluding carboxylic acids is 1. The molecule has 2 aromatic carbocycles. The van der Waals surface area contributed by atoms with Crippen LogP contribution in [0, 0.1) is 0 Å². The van der Waals surface area contributed by atoms with E-state index >= 15 is 0 Å². The Hall–Kier alpha value is -2.36. The van der Waals surface area contributed by atoms with E-state index in [1.807, 2.05) is 42.5 Å². The molecule has 150 valence electrons. The SMILES string of the molecule is CC(C)(C)c1ccc(C(=O)N(Cc2cccnc2)Cc2ccc(Cl)cc2Cl)cc1. The van der Waals surface area contributed by atoms with Crippen LogP contribution in [0.1, 0.15) is 47.8 Å². The van der Waals surface area contributed by atoms with Crippen LogP contribution >= 0.6 is 23.2 Å². The van der Waals surface area contributed by atoms with E-state index in [4.69, 9.17) is 23.2 Å². The second-order valence-electron chi connectivity index (χ2n) is 8.09. The first-order chi connectivity index (χ1) is 13.7. The average Bonchev–Trinajstić information content (AvgIpc) is 2.69. The van der Waals surface area contributed by atoms with Crippen molar-refractivity contribution in [3.8, 4) is 0 Å². The van der Waals surface area contributed by atoms with Gasteiger partial charge in [0.2, 0.25) is 0 Å². The molecule has 0 unspecified atom stereocenters. The number of aromatic nitrogens is 1. The molecule has 0 fully saturated rings. The zero-order chi connectivity index (χ0) is 21.0. The van der Waals surface area contributed by atoms with Crippen LogP contribution in [0.3, 0.4) is 0 Å². The maximum Gasteiger partial charge on any atom is 0.254 e. The Bertz CT molecular complexity index is 980. The number of amides is 1. The Morgan fingerprint density at radius 1 is 1.00 bits per heavy atom. The minimum absolute atomic E-state index is 0.0355. The Morgan fingerprint density at radius 3 is 2.31 bits per heavy atom. The van der Waals surface area contributed by atoms with E-state index in [-0.39, 0.29) is 11.3 Å². The summed E-state index contributed by atoms with van der Waals surface area (Å²) in [6, 6.07) is 17.0. The molecule has 0 aliphatic carbocycles. The quantitative estimate of drug-likeness (QED) is 0.464. The molecule has 5 heteroatoms. The predicted molar refractivity (Wildman–Crippen MR) is 119 cm³/mol. The van der Waals surface area contributed by atoms with Crippen LogP contribution in [0.2, 0.25) is 10.0 Å². The number of pyridine rings is 1. The molecule has 0 atom stereocenters. The van der Waals surface area contributed by atoms with E-state index in [0.29, 0.717) is 28.7 Å². The molecule has 1 amide bonds. The topological polar surface area (TPSA) is 33.2 Å². The monoisotopic (exact) mass is 426 g/mol. The Kier molecular flexibility index (Phi) is 6.61. The third-order valence-corrected chi connectivity index (χ3v) is 5.34. The smallest absolute Gasteiger partial charge is 0.254 e. The minimum Gasteiger partial charge on any atom is -0.330 e. The van der Waals surface area contributed by atoms with E-state index < -0.39 is 0 Å². The molecule has 3 nitrogen and oxygen atoms in total. The molecule has 0 N–H and O–H groups in total. The van der Waals surface area contributed by atoms with Gasteiger partial charge in [-0.1, -0.05) is 68.2 Å². The van der Waals surface area contributed by atoms with Gasteiger partial charge in [-0.3, -0.25) is 9.78 Å². The number of nitrogens with zero attached hydrogens (tertiary/aromatic N) is 2. The molecule has 3 rings (SSSR count). The van der Waals surface area contributed by atoms with Crippen molar-refractivity contribution in [3.63, 3.8) is 0 Å². The minimum atomic E-state index is -0.0553. The van der Waals surface area contributed by atoms with Gasteiger partial charge in [-0.15, -0.1) is 0 Å². The molecular formula is C24H24Cl2N2O. The van der Waals surface area contributed by atoms with Crippen LogP contribution < -0.4 is 0 Å². The molecule has 29 heavy (non-hydrogen) atoms. The van der Waals surface area contributed by atoms with Crippen LogP contribution in [0.25, 0.3) is 0 Å². The Labute approximate surface area is 182 Å². The van der Waals surface area contributed by atoms with Gasteiger partial charge in [-0.2, -0.15) is 0 Å². The van der Waals surface area contributed by atoms with Crippen molar-refractivity contribution in [2.24, 2.45) is 0 Å². The first-order valence-electron chi connectivity index (χ1n) is 9.47. The van der Waals surface area contributed by atoms with Gasteiger partial charge in [-0.25, -0.2) is 0 Å². The fourth-order valence-corrected chi connectivity index (χ4v) is 3.53. The summed E-state index contributed by atoms with van der Waals surface area (Å²) in [5, 5.41) is 1.12. The number of halogens is 2. The van der Waals surface area contributed by atoms with Crippen molar-refractivity contribution in [2.75, 3.05) is 0 Å². The highest BCUT2D eigenvalue weighted by atomic mass is 35.5. The maximum atomic E-state index is 13.3. The highest BCUT2D eigenvalue weighted by Gasteiger charge is 2.20. The van der Waals surface area contributed by atoms with E-state index in [9.17, 15) is 4.79 Å². The fraction of sp³-hybridized carbons (Fsp3) is 0.250. The molecule has 0 saturated carbocycles. The second kappa shape index (κ2) is 8.98. The van der Waals surface area contributed by atoms with Crippen molar-refractivity contribution < 1.29 is 4.79 Å². The lowest BCUT2D eigenvalue weighted by Gasteiger charge is -2.24. The molecule has 1 aromatic heterocycles. The largest absolute Gasteiger partial charge is 0.330 e. The molecule has 0 saturated heterocycles. The summed E-state index contributed by atoms with van der Waals surface area (Å²) in [5.41, 5.74) is 3.67. The second-order valence-corrected chi connectivity index (χ2v) is 8.93. The molecular weight excluding hydrogens is 403 g/mol. The third-order valence-electron chi connectivity index (χ3n) is 4.76. The van der Waals surface area contributed by atoms with Crippen molar-refractivity contribution in [3.05, 3.63) is 99.3 Å². The molecule has 3 aromatic rings. The Balaban J connectivity index is 1.90. The number of carbonyl (C=O) groups is 1. The van der Waals surface area contributed by atoms with Gasteiger partial charge >= 0.3 is 0 Å². The van der Waals surface area contributed by atoms with Crippen LogP contribution in [-0.2, 0) is 18.5 Å². The van der Waals surface area contributed by atoms with Gasteiger partial charge < -0.3 is 4.90 Å². The zero-order valence-electron chi connectivity index (χ0n) is 16.8. The summed E-state index contributed by atoms with van der Waals surface area (Å²) in [5.74, 6) is -0.0553. The van der Waals surface area contributed by atoms with Gasteiger partial charge in [0.25, 0.3) is 5.91 Å². The van der Waals surface area contributed by atoms with Crippen LogP contribution in [0.15, 0.2) is 67.0 Å². The number of hydrogen-bond donors (Lipinski definition) is 0. The van der Waals surface area contributed by atoms with Crippen molar-refractivity contribution in [1.29, 1.82) is 0 Å². The number of hydrogen-bond acceptors (Lipinski definition) is 2. The van der Waals surface area contributed by atoms with Gasteiger partial charge in [0.05, 0.1) is 0 Å². The van der Waals surface area contributed by atoms with Gasteiger partial charge in [-0.05, 0) is 52.4 Å². The lowest BCUT2D eigenvalue weighted by molar-refractivity contribution is 0.0730. The highest BCUT2D eigenvalue weighted by Crippen LogP contribution is 2.25. The molecule has 0 aliphatic rings. The van der Waals surface area contributed by atoms with Crippen molar-refractivity contribution in [1.82, 2.24) is 9.88 Å².